The number of nitrogens with zero attached hydrogens (tertiary/aromatic N) is 3. The minimum atomic E-state index is -0.501. The minimum Gasteiger partial charge on any atom is -0.396 e. The number of hydrogen-bond acceptors (Lipinski definition) is 5. The molecule has 1 aromatic heterocycles. The lowest BCUT2D eigenvalue weighted by Crippen LogP contribution is -2.45. The highest BCUT2D eigenvalue weighted by atomic mass is 16.3. The molecule has 2 heterocycles. The third kappa shape index (κ3) is 2.62. The summed E-state index contributed by atoms with van der Waals surface area (Å²) in [7, 11) is 0. The van der Waals surface area contributed by atoms with Crippen LogP contribution in [0.5, 0.6) is 0 Å². The lowest BCUT2D eigenvalue weighted by molar-refractivity contribution is 0.0543. The summed E-state index contributed by atoms with van der Waals surface area (Å²) < 4.78 is 0. The third-order valence-corrected chi connectivity index (χ3v) is 3.64. The van der Waals surface area contributed by atoms with Crippen molar-refractivity contribution in [3.8, 4) is 0 Å². The number of aliphatic hydroxyl groups excluding tert-OH is 2. The van der Waals surface area contributed by atoms with Crippen molar-refractivity contribution in [1.82, 2.24) is 9.97 Å². The van der Waals surface area contributed by atoms with E-state index in [-0.39, 0.29) is 12.5 Å². The van der Waals surface area contributed by atoms with Crippen molar-refractivity contribution in [2.75, 3.05) is 24.6 Å². The van der Waals surface area contributed by atoms with Gasteiger partial charge in [0.2, 0.25) is 5.95 Å². The van der Waals surface area contributed by atoms with Crippen LogP contribution in [-0.4, -0.2) is 46.0 Å². The summed E-state index contributed by atoms with van der Waals surface area (Å²) >= 11 is 0. The van der Waals surface area contributed by atoms with Crippen molar-refractivity contribution in [3.63, 3.8) is 0 Å². The normalized spacial score (nSPS) is 24.3. The molecule has 0 unspecified atom stereocenters. The van der Waals surface area contributed by atoms with Crippen LogP contribution in [0.2, 0.25) is 0 Å². The van der Waals surface area contributed by atoms with Gasteiger partial charge >= 0.3 is 0 Å². The zero-order valence-corrected chi connectivity index (χ0v) is 11.0. The Labute approximate surface area is 107 Å². The smallest absolute Gasteiger partial charge is 0.225 e. The SMILES string of the molecule is CCc1nc(N2CC[C@H](CO)[C@H](O)C2)ncc1C. The summed E-state index contributed by atoms with van der Waals surface area (Å²) in [4.78, 5) is 10.9. The number of piperidine rings is 1. The van der Waals surface area contributed by atoms with Crippen LogP contribution in [0.25, 0.3) is 0 Å². The van der Waals surface area contributed by atoms with Gasteiger partial charge in [-0.05, 0) is 25.3 Å². The predicted molar refractivity (Wildman–Crippen MR) is 69.6 cm³/mol. The van der Waals surface area contributed by atoms with E-state index in [0.717, 1.165) is 30.6 Å². The van der Waals surface area contributed by atoms with Crippen molar-refractivity contribution < 1.29 is 10.2 Å². The zero-order valence-electron chi connectivity index (χ0n) is 11.0. The first-order chi connectivity index (χ1) is 8.65. The van der Waals surface area contributed by atoms with Crippen molar-refractivity contribution in [2.45, 2.75) is 32.8 Å². The Hall–Kier alpha value is -1.20. The maximum absolute atomic E-state index is 9.92. The van der Waals surface area contributed by atoms with Crippen molar-refractivity contribution in [2.24, 2.45) is 5.92 Å². The Morgan fingerprint density at radius 2 is 2.28 bits per heavy atom. The van der Waals surface area contributed by atoms with Gasteiger partial charge in [-0.25, -0.2) is 9.97 Å². The molecule has 0 saturated carbocycles. The number of aryl methyl sites for hydroxylation is 2. The van der Waals surface area contributed by atoms with Gasteiger partial charge in [0.1, 0.15) is 0 Å². The van der Waals surface area contributed by atoms with Crippen molar-refractivity contribution in [1.29, 1.82) is 0 Å². The summed E-state index contributed by atoms with van der Waals surface area (Å²) in [5.41, 5.74) is 2.16. The summed E-state index contributed by atoms with van der Waals surface area (Å²) in [5, 5.41) is 19.1. The molecule has 2 rings (SSSR count). The van der Waals surface area contributed by atoms with Crippen LogP contribution in [0.1, 0.15) is 24.6 Å². The van der Waals surface area contributed by atoms with E-state index in [4.69, 9.17) is 5.11 Å². The molecule has 1 saturated heterocycles. The molecule has 0 bridgehead atoms. The Kier molecular flexibility index (Phi) is 4.14. The fourth-order valence-corrected chi connectivity index (χ4v) is 2.35. The van der Waals surface area contributed by atoms with E-state index < -0.39 is 6.10 Å². The van der Waals surface area contributed by atoms with Crippen LogP contribution in [0.4, 0.5) is 5.95 Å². The van der Waals surface area contributed by atoms with E-state index in [0.29, 0.717) is 12.5 Å². The van der Waals surface area contributed by atoms with Gasteiger partial charge in [-0.3, -0.25) is 0 Å². The topological polar surface area (TPSA) is 69.5 Å². The van der Waals surface area contributed by atoms with Gasteiger partial charge in [-0.1, -0.05) is 6.92 Å². The second kappa shape index (κ2) is 5.63. The van der Waals surface area contributed by atoms with Crippen LogP contribution in [-0.2, 0) is 6.42 Å². The van der Waals surface area contributed by atoms with Gasteiger partial charge in [0, 0.05) is 37.5 Å². The average Bonchev–Trinajstić information content (AvgIpc) is 2.39. The Morgan fingerprint density at radius 1 is 1.50 bits per heavy atom. The maximum atomic E-state index is 9.92. The van der Waals surface area contributed by atoms with E-state index in [2.05, 4.69) is 16.9 Å². The van der Waals surface area contributed by atoms with Crippen LogP contribution >= 0.6 is 0 Å². The Bertz CT molecular complexity index is 411. The minimum absolute atomic E-state index is 0.0163. The number of anilines is 1. The van der Waals surface area contributed by atoms with Gasteiger partial charge in [-0.15, -0.1) is 0 Å². The molecular formula is C13H21N3O2. The van der Waals surface area contributed by atoms with E-state index in [1.165, 1.54) is 0 Å². The molecule has 100 valence electrons. The highest BCUT2D eigenvalue weighted by molar-refractivity contribution is 5.34. The molecule has 18 heavy (non-hydrogen) atoms. The molecule has 0 aliphatic carbocycles. The first-order valence-electron chi connectivity index (χ1n) is 6.52. The Morgan fingerprint density at radius 3 is 2.89 bits per heavy atom. The fraction of sp³-hybridized carbons (Fsp3) is 0.692. The average molecular weight is 251 g/mol. The van der Waals surface area contributed by atoms with Gasteiger partial charge < -0.3 is 15.1 Å². The quantitative estimate of drug-likeness (QED) is 0.820. The molecule has 0 spiro atoms. The van der Waals surface area contributed by atoms with Crippen molar-refractivity contribution in [3.05, 3.63) is 17.5 Å². The highest BCUT2D eigenvalue weighted by Gasteiger charge is 2.28. The van der Waals surface area contributed by atoms with E-state index in [1.807, 2.05) is 18.0 Å². The van der Waals surface area contributed by atoms with E-state index in [1.54, 1.807) is 0 Å². The van der Waals surface area contributed by atoms with Gasteiger partial charge in [-0.2, -0.15) is 0 Å². The summed E-state index contributed by atoms with van der Waals surface area (Å²) in [6.07, 6.45) is 3.00. The summed E-state index contributed by atoms with van der Waals surface area (Å²) in [5.74, 6) is 0.672. The molecule has 1 fully saturated rings. The first-order valence-corrected chi connectivity index (χ1v) is 6.52. The van der Waals surface area contributed by atoms with Gasteiger partial charge in [0.05, 0.1) is 6.10 Å². The lowest BCUT2D eigenvalue weighted by Gasteiger charge is -2.35. The molecule has 2 N–H and O–H groups in total. The second-order valence-corrected chi connectivity index (χ2v) is 4.90. The molecule has 1 aliphatic rings. The first kappa shape index (κ1) is 13.2. The third-order valence-electron chi connectivity index (χ3n) is 3.64. The number of rotatable bonds is 3. The molecule has 2 atom stereocenters. The number of hydrogen-bond donors (Lipinski definition) is 2. The number of aliphatic hydroxyl groups is 2. The zero-order chi connectivity index (χ0) is 13.1. The molecular weight excluding hydrogens is 230 g/mol. The van der Waals surface area contributed by atoms with Crippen LogP contribution in [0.3, 0.4) is 0 Å². The molecule has 0 aromatic carbocycles. The monoisotopic (exact) mass is 251 g/mol. The second-order valence-electron chi connectivity index (χ2n) is 4.90. The van der Waals surface area contributed by atoms with Gasteiger partial charge in [0.25, 0.3) is 0 Å². The fourth-order valence-electron chi connectivity index (χ4n) is 2.35. The molecule has 0 radical (unpaired) electrons. The summed E-state index contributed by atoms with van der Waals surface area (Å²) in [6.45, 7) is 5.41. The molecule has 5 nitrogen and oxygen atoms in total. The Balaban J connectivity index is 2.13. The molecule has 0 amide bonds. The molecule has 1 aromatic rings. The predicted octanol–water partition coefficient (Wildman–Crippen LogP) is 0.527. The maximum Gasteiger partial charge on any atom is 0.225 e. The van der Waals surface area contributed by atoms with E-state index in [9.17, 15) is 5.11 Å². The number of β-amino-alcohol motifs (C(OH)–C–C–N with tert-alkyl or cyclic N) is 1. The van der Waals surface area contributed by atoms with Crippen LogP contribution in [0.15, 0.2) is 6.20 Å². The number of aromatic nitrogens is 2. The highest BCUT2D eigenvalue weighted by Crippen LogP contribution is 2.21. The van der Waals surface area contributed by atoms with Crippen molar-refractivity contribution >= 4 is 5.95 Å². The summed E-state index contributed by atoms with van der Waals surface area (Å²) in [6, 6.07) is 0. The molecule has 5 heteroatoms. The standard InChI is InChI=1S/C13H21N3O2/c1-3-11-9(2)6-14-13(15-11)16-5-4-10(8-17)12(18)7-16/h6,10,12,17-18H,3-5,7-8H2,1-2H3/t10-,12-/m1/s1. The van der Waals surface area contributed by atoms with Gasteiger partial charge in [0.15, 0.2) is 0 Å². The molecule has 1 aliphatic heterocycles. The van der Waals surface area contributed by atoms with Crippen LogP contribution in [0, 0.1) is 12.8 Å². The van der Waals surface area contributed by atoms with Crippen LogP contribution < -0.4 is 4.90 Å². The largest absolute Gasteiger partial charge is 0.396 e. The van der Waals surface area contributed by atoms with E-state index >= 15 is 0 Å². The lowest BCUT2D eigenvalue weighted by atomic mass is 9.95.